The number of aliphatic imine (C=N–C) groups is 1. The van der Waals surface area contributed by atoms with Crippen LogP contribution in [-0.2, 0) is 6.42 Å². The lowest BCUT2D eigenvalue weighted by Crippen LogP contribution is -2.22. The lowest BCUT2D eigenvalue weighted by Gasteiger charge is -2.10. The highest BCUT2D eigenvalue weighted by molar-refractivity contribution is 14.0. The number of halogens is 1. The van der Waals surface area contributed by atoms with Crippen LogP contribution in [0.25, 0.3) is 0 Å². The van der Waals surface area contributed by atoms with Crippen LogP contribution in [0, 0.1) is 0 Å². The molecule has 1 aromatic heterocycles. The summed E-state index contributed by atoms with van der Waals surface area (Å²) < 4.78 is 5.21. The van der Waals surface area contributed by atoms with Gasteiger partial charge in [0.25, 0.3) is 0 Å². The lowest BCUT2D eigenvalue weighted by atomic mass is 9.99. The number of rotatable bonds is 8. The second kappa shape index (κ2) is 11.2. The highest BCUT2D eigenvalue weighted by atomic mass is 127. The first kappa shape index (κ1) is 22.4. The topological polar surface area (TPSA) is 89.3 Å². The Morgan fingerprint density at radius 1 is 1.23 bits per heavy atom. The first-order valence-corrected chi connectivity index (χ1v) is 8.99. The van der Waals surface area contributed by atoms with Gasteiger partial charge in [0.05, 0.1) is 0 Å². The Balaban J connectivity index is 0.00000338. The second-order valence-corrected chi connectivity index (χ2v) is 6.63. The lowest BCUT2D eigenvalue weighted by molar-refractivity contribution is 0.369. The smallest absolute Gasteiger partial charge is 0.226 e. The molecular weight excluding hydrogens is 441 g/mol. The predicted octanol–water partition coefficient (Wildman–Crippen LogP) is 4.68. The molecule has 1 heterocycles. The van der Waals surface area contributed by atoms with E-state index in [1.807, 2.05) is 26.0 Å². The molecule has 0 aliphatic rings. The summed E-state index contributed by atoms with van der Waals surface area (Å²) in [6.07, 6.45) is 2.66. The molecule has 0 amide bonds. The van der Waals surface area contributed by atoms with Crippen LogP contribution < -0.4 is 11.1 Å². The van der Waals surface area contributed by atoms with Crippen LogP contribution in [0.5, 0.6) is 0 Å². The summed E-state index contributed by atoms with van der Waals surface area (Å²) in [6, 6.07) is 8.34. The molecule has 0 saturated carbocycles. The minimum atomic E-state index is 0. The van der Waals surface area contributed by atoms with E-state index in [0.29, 0.717) is 30.7 Å². The van der Waals surface area contributed by atoms with E-state index in [1.165, 1.54) is 5.56 Å². The third-order valence-electron chi connectivity index (χ3n) is 4.20. The second-order valence-electron chi connectivity index (χ2n) is 6.63. The molecule has 2 rings (SSSR count). The Morgan fingerprint density at radius 3 is 2.50 bits per heavy atom. The third-order valence-corrected chi connectivity index (χ3v) is 4.20. The molecule has 7 heteroatoms. The predicted molar refractivity (Wildman–Crippen MR) is 117 cm³/mol. The fraction of sp³-hybridized carbons (Fsp3) is 0.526. The average Bonchev–Trinajstić information content (AvgIpc) is 3.08. The van der Waals surface area contributed by atoms with Crippen molar-refractivity contribution >= 4 is 35.6 Å². The van der Waals surface area contributed by atoms with Crippen molar-refractivity contribution in [3.63, 3.8) is 0 Å². The molecule has 1 unspecified atom stereocenters. The van der Waals surface area contributed by atoms with E-state index in [-0.39, 0.29) is 29.9 Å². The van der Waals surface area contributed by atoms with Crippen molar-refractivity contribution in [2.75, 3.05) is 11.9 Å². The zero-order valence-electron chi connectivity index (χ0n) is 16.0. The molecular formula is C19H30IN5O. The fourth-order valence-electron chi connectivity index (χ4n) is 2.35. The van der Waals surface area contributed by atoms with E-state index in [2.05, 4.69) is 46.4 Å². The van der Waals surface area contributed by atoms with Gasteiger partial charge < -0.3 is 15.6 Å². The first-order chi connectivity index (χ1) is 12.0. The van der Waals surface area contributed by atoms with Crippen LogP contribution in [0.1, 0.15) is 69.7 Å². The Bertz CT molecular complexity index is 681. The highest BCUT2D eigenvalue weighted by Crippen LogP contribution is 2.20. The van der Waals surface area contributed by atoms with Crippen molar-refractivity contribution in [1.82, 2.24) is 10.1 Å². The number of aromatic nitrogens is 2. The minimum Gasteiger partial charge on any atom is -0.370 e. The largest absolute Gasteiger partial charge is 0.370 e. The van der Waals surface area contributed by atoms with Gasteiger partial charge in [0.15, 0.2) is 11.8 Å². The standard InChI is InChI=1S/C19H29N5O.HI/c1-5-14(4)15-8-10-16(11-9-15)22-19(20)21-12-6-7-17-23-18(13(2)3)24-25-17;/h8-11,13-14H,5-7,12H2,1-4H3,(H3,20,21,22);1H. The van der Waals surface area contributed by atoms with Crippen LogP contribution in [0.4, 0.5) is 5.69 Å². The Hall–Kier alpha value is -1.64. The van der Waals surface area contributed by atoms with Gasteiger partial charge in [0, 0.05) is 24.6 Å². The van der Waals surface area contributed by atoms with E-state index in [4.69, 9.17) is 10.3 Å². The number of hydrogen-bond donors (Lipinski definition) is 2. The molecule has 0 spiro atoms. The van der Waals surface area contributed by atoms with E-state index in [9.17, 15) is 0 Å². The molecule has 1 atom stereocenters. The van der Waals surface area contributed by atoms with Crippen LogP contribution in [0.3, 0.4) is 0 Å². The van der Waals surface area contributed by atoms with Gasteiger partial charge in [-0.15, -0.1) is 24.0 Å². The maximum absolute atomic E-state index is 5.94. The highest BCUT2D eigenvalue weighted by Gasteiger charge is 2.09. The van der Waals surface area contributed by atoms with Crippen molar-refractivity contribution in [3.8, 4) is 0 Å². The normalized spacial score (nSPS) is 12.7. The van der Waals surface area contributed by atoms with Crippen molar-refractivity contribution in [3.05, 3.63) is 41.5 Å². The number of nitrogens with two attached hydrogens (primary N) is 1. The number of nitrogens with zero attached hydrogens (tertiary/aromatic N) is 3. The summed E-state index contributed by atoms with van der Waals surface area (Å²) in [6.45, 7) is 9.12. The zero-order chi connectivity index (χ0) is 18.2. The monoisotopic (exact) mass is 471 g/mol. The maximum Gasteiger partial charge on any atom is 0.226 e. The van der Waals surface area contributed by atoms with Gasteiger partial charge in [-0.3, -0.25) is 4.99 Å². The summed E-state index contributed by atoms with van der Waals surface area (Å²) >= 11 is 0. The molecule has 0 fully saturated rings. The summed E-state index contributed by atoms with van der Waals surface area (Å²) in [7, 11) is 0. The van der Waals surface area contributed by atoms with E-state index in [1.54, 1.807) is 0 Å². The van der Waals surface area contributed by atoms with Gasteiger partial charge in [-0.1, -0.05) is 45.0 Å². The van der Waals surface area contributed by atoms with Crippen LogP contribution in [0.15, 0.2) is 33.8 Å². The van der Waals surface area contributed by atoms with Crippen molar-refractivity contribution in [2.45, 2.75) is 58.8 Å². The Labute approximate surface area is 173 Å². The van der Waals surface area contributed by atoms with E-state index >= 15 is 0 Å². The van der Waals surface area contributed by atoms with Crippen LogP contribution >= 0.6 is 24.0 Å². The number of benzene rings is 1. The molecule has 26 heavy (non-hydrogen) atoms. The fourth-order valence-corrected chi connectivity index (χ4v) is 2.35. The van der Waals surface area contributed by atoms with Gasteiger partial charge in [0.2, 0.25) is 5.89 Å². The van der Waals surface area contributed by atoms with Gasteiger partial charge in [0.1, 0.15) is 0 Å². The summed E-state index contributed by atoms with van der Waals surface area (Å²) in [5.41, 5.74) is 8.23. The number of aryl methyl sites for hydroxylation is 1. The summed E-state index contributed by atoms with van der Waals surface area (Å²) in [5, 5.41) is 7.07. The quantitative estimate of drug-likeness (QED) is 0.253. The van der Waals surface area contributed by atoms with E-state index < -0.39 is 0 Å². The molecule has 0 bridgehead atoms. The molecule has 6 nitrogen and oxygen atoms in total. The molecule has 0 aliphatic carbocycles. The van der Waals surface area contributed by atoms with Gasteiger partial charge in [-0.05, 0) is 36.5 Å². The molecule has 0 radical (unpaired) electrons. The molecule has 2 aromatic rings. The van der Waals surface area contributed by atoms with Gasteiger partial charge in [-0.2, -0.15) is 4.98 Å². The third kappa shape index (κ3) is 6.93. The van der Waals surface area contributed by atoms with Crippen LogP contribution in [0.2, 0.25) is 0 Å². The molecule has 1 aromatic carbocycles. The molecule has 0 saturated heterocycles. The number of anilines is 1. The Morgan fingerprint density at radius 2 is 1.92 bits per heavy atom. The van der Waals surface area contributed by atoms with Gasteiger partial charge in [-0.25, -0.2) is 0 Å². The number of nitrogens with one attached hydrogen (secondary N) is 1. The van der Waals surface area contributed by atoms with Crippen molar-refractivity contribution in [1.29, 1.82) is 0 Å². The molecule has 0 aliphatic heterocycles. The zero-order valence-corrected chi connectivity index (χ0v) is 18.4. The Kier molecular flexibility index (Phi) is 9.61. The first-order valence-electron chi connectivity index (χ1n) is 8.99. The molecule has 144 valence electrons. The number of hydrogen-bond acceptors (Lipinski definition) is 4. The average molecular weight is 471 g/mol. The molecule has 3 N–H and O–H groups in total. The van der Waals surface area contributed by atoms with Crippen molar-refractivity contribution in [2.24, 2.45) is 10.7 Å². The van der Waals surface area contributed by atoms with Crippen molar-refractivity contribution < 1.29 is 4.52 Å². The maximum atomic E-state index is 5.94. The SMILES string of the molecule is CCC(C)c1ccc(NC(N)=NCCCc2nc(C(C)C)no2)cc1.I. The van der Waals surface area contributed by atoms with Gasteiger partial charge >= 0.3 is 0 Å². The van der Waals surface area contributed by atoms with Crippen LogP contribution in [-0.4, -0.2) is 22.6 Å². The summed E-state index contributed by atoms with van der Waals surface area (Å²) in [5.74, 6) is 2.68. The summed E-state index contributed by atoms with van der Waals surface area (Å²) in [4.78, 5) is 8.69. The number of guanidine groups is 1. The minimum absolute atomic E-state index is 0. The van der Waals surface area contributed by atoms with E-state index in [0.717, 1.165) is 24.4 Å².